The van der Waals surface area contributed by atoms with Gasteiger partial charge in [-0.05, 0) is 12.8 Å². The number of rotatable bonds is 8. The molecule has 0 aromatic heterocycles. The van der Waals surface area contributed by atoms with Crippen LogP contribution in [-0.2, 0) is 14.3 Å². The van der Waals surface area contributed by atoms with Gasteiger partial charge in [-0.2, -0.15) is 0 Å². The van der Waals surface area contributed by atoms with Crippen LogP contribution in [0.1, 0.15) is 25.7 Å². The molecule has 132 valence electrons. The highest BCUT2D eigenvalue weighted by Gasteiger charge is 2.22. The van der Waals surface area contributed by atoms with Crippen molar-refractivity contribution in [1.82, 2.24) is 20.4 Å². The molecule has 1 aliphatic heterocycles. The zero-order valence-corrected chi connectivity index (χ0v) is 14.2. The van der Waals surface area contributed by atoms with Crippen LogP contribution in [-0.4, -0.2) is 87.2 Å². The summed E-state index contributed by atoms with van der Waals surface area (Å²) in [6, 6.07) is 0.389. The molecule has 2 rings (SSSR count). The molecule has 0 spiro atoms. The first kappa shape index (κ1) is 18.2. The lowest BCUT2D eigenvalue weighted by molar-refractivity contribution is -0.125. The van der Waals surface area contributed by atoms with Crippen LogP contribution in [0.15, 0.2) is 0 Å². The van der Waals surface area contributed by atoms with Gasteiger partial charge in [0.15, 0.2) is 0 Å². The molecule has 23 heavy (non-hydrogen) atoms. The van der Waals surface area contributed by atoms with Crippen LogP contribution in [0, 0.1) is 0 Å². The maximum absolute atomic E-state index is 12.0. The first-order chi connectivity index (χ1) is 11.2. The van der Waals surface area contributed by atoms with Gasteiger partial charge < -0.3 is 15.4 Å². The molecule has 0 aromatic rings. The molecule has 2 fully saturated rings. The van der Waals surface area contributed by atoms with E-state index in [-0.39, 0.29) is 11.8 Å². The maximum Gasteiger partial charge on any atom is 0.234 e. The summed E-state index contributed by atoms with van der Waals surface area (Å²) in [4.78, 5) is 28.1. The number of amides is 2. The van der Waals surface area contributed by atoms with Crippen molar-refractivity contribution in [2.45, 2.75) is 31.7 Å². The predicted molar refractivity (Wildman–Crippen MR) is 88.2 cm³/mol. The van der Waals surface area contributed by atoms with E-state index >= 15 is 0 Å². The highest BCUT2D eigenvalue weighted by Crippen LogP contribution is 2.17. The van der Waals surface area contributed by atoms with E-state index < -0.39 is 0 Å². The summed E-state index contributed by atoms with van der Waals surface area (Å²) >= 11 is 0. The minimum Gasteiger partial charge on any atom is -0.383 e. The van der Waals surface area contributed by atoms with Crippen LogP contribution in [0.25, 0.3) is 0 Å². The van der Waals surface area contributed by atoms with Crippen LogP contribution in [0.3, 0.4) is 0 Å². The second kappa shape index (κ2) is 9.85. The number of piperazine rings is 1. The first-order valence-corrected chi connectivity index (χ1v) is 8.67. The molecule has 7 nitrogen and oxygen atoms in total. The Kier molecular flexibility index (Phi) is 7.78. The van der Waals surface area contributed by atoms with Gasteiger partial charge in [0.1, 0.15) is 0 Å². The molecule has 2 N–H and O–H groups in total. The third-order valence-electron chi connectivity index (χ3n) is 4.55. The second-order valence-corrected chi connectivity index (χ2v) is 6.44. The van der Waals surface area contributed by atoms with Crippen LogP contribution in [0.4, 0.5) is 0 Å². The van der Waals surface area contributed by atoms with Gasteiger partial charge in [-0.15, -0.1) is 0 Å². The van der Waals surface area contributed by atoms with Crippen molar-refractivity contribution in [3.8, 4) is 0 Å². The summed E-state index contributed by atoms with van der Waals surface area (Å²) in [5.74, 6) is 0.178. The summed E-state index contributed by atoms with van der Waals surface area (Å²) in [7, 11) is 1.62. The van der Waals surface area contributed by atoms with Gasteiger partial charge in [0.2, 0.25) is 11.8 Å². The monoisotopic (exact) mass is 326 g/mol. The Labute approximate surface area is 138 Å². The van der Waals surface area contributed by atoms with Crippen LogP contribution in [0.5, 0.6) is 0 Å². The standard InChI is InChI=1S/C16H30N4O3/c1-23-11-6-17-15(21)12-19-7-9-20(10-8-19)13-16(22)18-14-4-2-3-5-14/h14H,2-13H2,1H3,(H,17,21)(H,18,22). The molecule has 2 aliphatic rings. The Morgan fingerprint density at radius 2 is 1.57 bits per heavy atom. The minimum atomic E-state index is 0.0366. The summed E-state index contributed by atoms with van der Waals surface area (Å²) in [6.07, 6.45) is 4.71. The molecular weight excluding hydrogens is 296 g/mol. The number of methoxy groups -OCH3 is 1. The van der Waals surface area contributed by atoms with E-state index in [2.05, 4.69) is 20.4 Å². The van der Waals surface area contributed by atoms with Gasteiger partial charge in [0.25, 0.3) is 0 Å². The SMILES string of the molecule is COCCNC(=O)CN1CCN(CC(=O)NC2CCCC2)CC1. The highest BCUT2D eigenvalue weighted by atomic mass is 16.5. The molecule has 1 saturated heterocycles. The quantitative estimate of drug-likeness (QED) is 0.584. The van der Waals surface area contributed by atoms with Gasteiger partial charge >= 0.3 is 0 Å². The minimum absolute atomic E-state index is 0.0366. The Morgan fingerprint density at radius 3 is 2.13 bits per heavy atom. The lowest BCUT2D eigenvalue weighted by Gasteiger charge is -2.34. The van der Waals surface area contributed by atoms with Crippen molar-refractivity contribution in [3.05, 3.63) is 0 Å². The fourth-order valence-corrected chi connectivity index (χ4v) is 3.20. The van der Waals surface area contributed by atoms with Gasteiger partial charge in [0.05, 0.1) is 19.7 Å². The number of carbonyl (C=O) groups is 2. The van der Waals surface area contributed by atoms with Crippen molar-refractivity contribution in [2.75, 3.05) is 59.5 Å². The van der Waals surface area contributed by atoms with Crippen molar-refractivity contribution in [3.63, 3.8) is 0 Å². The lowest BCUT2D eigenvalue weighted by atomic mass is 10.2. The normalized spacial score (nSPS) is 20.6. The molecule has 7 heteroatoms. The summed E-state index contributed by atoms with van der Waals surface area (Å²) in [6.45, 7) is 5.32. The molecule has 0 aromatic carbocycles. The molecule has 1 saturated carbocycles. The molecule has 0 bridgehead atoms. The Balaban J connectivity index is 1.57. The number of carbonyl (C=O) groups excluding carboxylic acids is 2. The van der Waals surface area contributed by atoms with Crippen LogP contribution < -0.4 is 10.6 Å². The smallest absolute Gasteiger partial charge is 0.234 e. The highest BCUT2D eigenvalue weighted by molar-refractivity contribution is 5.78. The number of nitrogens with zero attached hydrogens (tertiary/aromatic N) is 2. The third kappa shape index (κ3) is 6.85. The first-order valence-electron chi connectivity index (χ1n) is 8.67. The summed E-state index contributed by atoms with van der Waals surface area (Å²) in [5, 5.41) is 5.96. The summed E-state index contributed by atoms with van der Waals surface area (Å²) in [5.41, 5.74) is 0. The van der Waals surface area contributed by atoms with E-state index in [0.29, 0.717) is 32.3 Å². The van der Waals surface area contributed by atoms with E-state index in [1.807, 2.05) is 0 Å². The fourth-order valence-electron chi connectivity index (χ4n) is 3.20. The largest absolute Gasteiger partial charge is 0.383 e. The molecular formula is C16H30N4O3. The van der Waals surface area contributed by atoms with Gasteiger partial charge in [-0.1, -0.05) is 12.8 Å². The Hall–Kier alpha value is -1.18. The van der Waals surface area contributed by atoms with E-state index in [9.17, 15) is 9.59 Å². The molecule has 0 radical (unpaired) electrons. The number of hydrogen-bond donors (Lipinski definition) is 2. The maximum atomic E-state index is 12.0. The topological polar surface area (TPSA) is 73.9 Å². The third-order valence-corrected chi connectivity index (χ3v) is 4.55. The average Bonchev–Trinajstić information content (AvgIpc) is 3.02. The fraction of sp³-hybridized carbons (Fsp3) is 0.875. The van der Waals surface area contributed by atoms with Crippen molar-refractivity contribution >= 4 is 11.8 Å². The molecule has 1 heterocycles. The Morgan fingerprint density at radius 1 is 1.00 bits per heavy atom. The van der Waals surface area contributed by atoms with Crippen LogP contribution in [0.2, 0.25) is 0 Å². The van der Waals surface area contributed by atoms with E-state index in [1.54, 1.807) is 7.11 Å². The van der Waals surface area contributed by atoms with E-state index in [1.165, 1.54) is 12.8 Å². The van der Waals surface area contributed by atoms with Crippen molar-refractivity contribution in [1.29, 1.82) is 0 Å². The van der Waals surface area contributed by atoms with Gasteiger partial charge in [-0.25, -0.2) is 0 Å². The molecule has 0 atom stereocenters. The Bertz CT molecular complexity index is 378. The summed E-state index contributed by atoms with van der Waals surface area (Å²) < 4.78 is 4.91. The van der Waals surface area contributed by atoms with E-state index in [0.717, 1.165) is 39.0 Å². The van der Waals surface area contributed by atoms with Crippen molar-refractivity contribution in [2.24, 2.45) is 0 Å². The number of ether oxygens (including phenoxy) is 1. The zero-order valence-electron chi connectivity index (χ0n) is 14.2. The van der Waals surface area contributed by atoms with E-state index in [4.69, 9.17) is 4.74 Å². The zero-order chi connectivity index (χ0) is 16.5. The number of hydrogen-bond acceptors (Lipinski definition) is 5. The second-order valence-electron chi connectivity index (χ2n) is 6.44. The average molecular weight is 326 g/mol. The van der Waals surface area contributed by atoms with Crippen LogP contribution >= 0.6 is 0 Å². The number of nitrogens with one attached hydrogen (secondary N) is 2. The molecule has 2 amide bonds. The lowest BCUT2D eigenvalue weighted by Crippen LogP contribution is -2.52. The molecule has 1 aliphatic carbocycles. The van der Waals surface area contributed by atoms with Crippen molar-refractivity contribution < 1.29 is 14.3 Å². The van der Waals surface area contributed by atoms with Gasteiger partial charge in [-0.3, -0.25) is 19.4 Å². The van der Waals surface area contributed by atoms with Gasteiger partial charge in [0, 0.05) is 45.9 Å². The predicted octanol–water partition coefficient (Wildman–Crippen LogP) is -0.575. The molecule has 0 unspecified atom stereocenters.